The molecule has 0 aromatic heterocycles. The highest BCUT2D eigenvalue weighted by Gasteiger charge is 2.58. The molecule has 0 aliphatic heterocycles. The van der Waals surface area contributed by atoms with Crippen LogP contribution in [0.2, 0.25) is 0 Å². The number of hydrogen-bond donors (Lipinski definition) is 0. The predicted molar refractivity (Wildman–Crippen MR) is 95.0 cm³/mol. The number of hydrogen-bond acceptors (Lipinski definition) is 1. The van der Waals surface area contributed by atoms with E-state index in [1.165, 1.54) is 56.9 Å². The van der Waals surface area contributed by atoms with Gasteiger partial charge in [0.05, 0.1) is 0 Å². The molecule has 1 heteroatoms. The molecule has 128 valence electrons. The van der Waals surface area contributed by atoms with Crippen molar-refractivity contribution in [3.8, 4) is 0 Å². The van der Waals surface area contributed by atoms with Crippen molar-refractivity contribution in [2.75, 3.05) is 0 Å². The standard InChI is InChI=1S/C22H34O/c1-14-9-11-21(3)16(13-14)5-6-17-19-8-7-18(15(2)23)22(19,4)12-10-20(17)21/h7,14,16-17,19-20H,5-6,8-13H2,1-4H3/t14-,16?,17-,19?,20?,21-,22+/m0/s1. The molecule has 4 rings (SSSR count). The fourth-order valence-corrected chi connectivity index (χ4v) is 7.59. The lowest BCUT2D eigenvalue weighted by atomic mass is 9.44. The molecule has 4 aliphatic rings. The predicted octanol–water partition coefficient (Wildman–Crippen LogP) is 5.79. The summed E-state index contributed by atoms with van der Waals surface area (Å²) >= 11 is 0. The molecule has 0 radical (unpaired) electrons. The first-order valence-corrected chi connectivity index (χ1v) is 10.1. The fourth-order valence-electron chi connectivity index (χ4n) is 7.59. The van der Waals surface area contributed by atoms with Crippen molar-refractivity contribution in [3.05, 3.63) is 11.6 Å². The van der Waals surface area contributed by atoms with Crippen LogP contribution in [-0.4, -0.2) is 5.78 Å². The maximum atomic E-state index is 12.1. The van der Waals surface area contributed by atoms with Crippen LogP contribution >= 0.6 is 0 Å². The number of rotatable bonds is 1. The van der Waals surface area contributed by atoms with Gasteiger partial charge in [0.25, 0.3) is 0 Å². The van der Waals surface area contributed by atoms with E-state index in [0.29, 0.717) is 11.2 Å². The maximum absolute atomic E-state index is 12.1. The molecule has 0 bridgehead atoms. The highest BCUT2D eigenvalue weighted by molar-refractivity contribution is 5.95. The molecule has 1 nitrogen and oxygen atoms in total. The zero-order valence-corrected chi connectivity index (χ0v) is 15.5. The van der Waals surface area contributed by atoms with Gasteiger partial charge in [0.15, 0.2) is 5.78 Å². The second kappa shape index (κ2) is 5.20. The summed E-state index contributed by atoms with van der Waals surface area (Å²) < 4.78 is 0. The first-order valence-electron chi connectivity index (χ1n) is 10.1. The minimum Gasteiger partial charge on any atom is -0.295 e. The van der Waals surface area contributed by atoms with Gasteiger partial charge in [0.1, 0.15) is 0 Å². The number of ketones is 1. The van der Waals surface area contributed by atoms with Gasteiger partial charge in [-0.2, -0.15) is 0 Å². The van der Waals surface area contributed by atoms with Crippen molar-refractivity contribution in [3.63, 3.8) is 0 Å². The van der Waals surface area contributed by atoms with Crippen molar-refractivity contribution in [2.24, 2.45) is 40.4 Å². The Morgan fingerprint density at radius 3 is 2.61 bits per heavy atom. The number of Topliss-reactive ketones (excluding diaryl/α,β-unsaturated/α-hetero) is 1. The Bertz CT molecular complexity index is 546. The first-order chi connectivity index (χ1) is 10.9. The van der Waals surface area contributed by atoms with Crippen LogP contribution in [0.3, 0.4) is 0 Å². The molecule has 0 amide bonds. The molecule has 0 saturated heterocycles. The van der Waals surface area contributed by atoms with Crippen LogP contribution < -0.4 is 0 Å². The molecule has 23 heavy (non-hydrogen) atoms. The van der Waals surface area contributed by atoms with Crippen LogP contribution in [0.5, 0.6) is 0 Å². The zero-order valence-electron chi connectivity index (χ0n) is 15.5. The van der Waals surface area contributed by atoms with Crippen LogP contribution in [0.25, 0.3) is 0 Å². The summed E-state index contributed by atoms with van der Waals surface area (Å²) in [6.07, 6.45) is 13.3. The first kappa shape index (κ1) is 15.9. The van der Waals surface area contributed by atoms with Crippen molar-refractivity contribution < 1.29 is 4.79 Å². The molecule has 3 unspecified atom stereocenters. The lowest BCUT2D eigenvalue weighted by Crippen LogP contribution is -2.53. The largest absolute Gasteiger partial charge is 0.295 e. The Morgan fingerprint density at radius 1 is 1.09 bits per heavy atom. The molecule has 4 aliphatic carbocycles. The van der Waals surface area contributed by atoms with Gasteiger partial charge < -0.3 is 0 Å². The van der Waals surface area contributed by atoms with Gasteiger partial charge in [-0.25, -0.2) is 0 Å². The Balaban J connectivity index is 1.62. The number of allylic oxidation sites excluding steroid dienone is 2. The summed E-state index contributed by atoms with van der Waals surface area (Å²) in [4.78, 5) is 12.1. The van der Waals surface area contributed by atoms with Gasteiger partial charge in [-0.15, -0.1) is 0 Å². The normalized spacial score (nSPS) is 52.2. The van der Waals surface area contributed by atoms with Crippen LogP contribution in [0, 0.1) is 40.4 Å². The quantitative estimate of drug-likeness (QED) is 0.598. The van der Waals surface area contributed by atoms with E-state index in [2.05, 4.69) is 26.8 Å². The zero-order chi connectivity index (χ0) is 16.4. The van der Waals surface area contributed by atoms with Gasteiger partial charge in [-0.3, -0.25) is 4.79 Å². The Kier molecular flexibility index (Phi) is 3.60. The summed E-state index contributed by atoms with van der Waals surface area (Å²) in [6, 6.07) is 0. The smallest absolute Gasteiger partial charge is 0.156 e. The van der Waals surface area contributed by atoms with E-state index in [9.17, 15) is 4.79 Å². The highest BCUT2D eigenvalue weighted by atomic mass is 16.1. The molecule has 0 heterocycles. The van der Waals surface area contributed by atoms with Crippen LogP contribution in [0.15, 0.2) is 11.6 Å². The van der Waals surface area contributed by atoms with Crippen molar-refractivity contribution in [2.45, 2.75) is 79.1 Å². The molecule has 7 atom stereocenters. The SMILES string of the molecule is CC(=O)C1=CCC2[C@@H]3CCC4C[C@@H](C)CC[C@]4(C)C3CC[C@]12C. The summed E-state index contributed by atoms with van der Waals surface area (Å²) in [5, 5.41) is 0. The average molecular weight is 315 g/mol. The van der Waals surface area contributed by atoms with Gasteiger partial charge in [-0.1, -0.05) is 33.3 Å². The van der Waals surface area contributed by atoms with E-state index in [4.69, 9.17) is 0 Å². The maximum Gasteiger partial charge on any atom is 0.156 e. The van der Waals surface area contributed by atoms with E-state index in [-0.39, 0.29) is 5.41 Å². The summed E-state index contributed by atoms with van der Waals surface area (Å²) in [7, 11) is 0. The third-order valence-corrected chi connectivity index (χ3v) is 8.89. The van der Waals surface area contributed by atoms with Gasteiger partial charge in [0, 0.05) is 0 Å². The lowest BCUT2D eigenvalue weighted by Gasteiger charge is -2.60. The van der Waals surface area contributed by atoms with E-state index >= 15 is 0 Å². The summed E-state index contributed by atoms with van der Waals surface area (Å²) in [5.74, 6) is 4.79. The minimum absolute atomic E-state index is 0.193. The van der Waals surface area contributed by atoms with Crippen molar-refractivity contribution in [1.82, 2.24) is 0 Å². The Hall–Kier alpha value is -0.590. The molecule has 0 N–H and O–H groups in total. The van der Waals surface area contributed by atoms with Crippen LogP contribution in [-0.2, 0) is 4.79 Å². The third kappa shape index (κ3) is 2.14. The van der Waals surface area contributed by atoms with E-state index in [1.54, 1.807) is 6.92 Å². The molecule has 0 aromatic carbocycles. The molecule has 3 saturated carbocycles. The molecular formula is C22H34O. The van der Waals surface area contributed by atoms with Crippen molar-refractivity contribution >= 4 is 5.78 Å². The summed E-state index contributed by atoms with van der Waals surface area (Å²) in [5.41, 5.74) is 1.96. The molecule has 0 aromatic rings. The number of fused-ring (bicyclic) bond motifs is 5. The van der Waals surface area contributed by atoms with Gasteiger partial charge >= 0.3 is 0 Å². The lowest BCUT2D eigenvalue weighted by molar-refractivity contribution is -0.120. The summed E-state index contributed by atoms with van der Waals surface area (Å²) in [6.45, 7) is 9.29. The number of carbonyl (C=O) groups excluding carboxylic acids is 1. The second-order valence-electron chi connectivity index (χ2n) is 9.90. The topological polar surface area (TPSA) is 17.1 Å². The van der Waals surface area contributed by atoms with Crippen LogP contribution in [0.4, 0.5) is 0 Å². The molecule has 0 spiro atoms. The highest BCUT2D eigenvalue weighted by Crippen LogP contribution is 2.66. The van der Waals surface area contributed by atoms with E-state index in [1.807, 2.05) is 0 Å². The van der Waals surface area contributed by atoms with Crippen molar-refractivity contribution in [1.29, 1.82) is 0 Å². The minimum atomic E-state index is 0.193. The van der Waals surface area contributed by atoms with Gasteiger partial charge in [-0.05, 0) is 97.9 Å². The van der Waals surface area contributed by atoms with E-state index < -0.39 is 0 Å². The van der Waals surface area contributed by atoms with Gasteiger partial charge in [0.2, 0.25) is 0 Å². The van der Waals surface area contributed by atoms with Crippen LogP contribution in [0.1, 0.15) is 79.1 Å². The number of carbonyl (C=O) groups is 1. The molecule has 3 fully saturated rings. The Labute approximate surface area is 142 Å². The fraction of sp³-hybridized carbons (Fsp3) is 0.864. The third-order valence-electron chi connectivity index (χ3n) is 8.89. The average Bonchev–Trinajstić information content (AvgIpc) is 2.85. The van der Waals surface area contributed by atoms with E-state index in [0.717, 1.165) is 29.6 Å². The Morgan fingerprint density at radius 2 is 1.87 bits per heavy atom. The monoisotopic (exact) mass is 314 g/mol. The molecular weight excluding hydrogens is 280 g/mol. The second-order valence-corrected chi connectivity index (χ2v) is 9.90.